The Morgan fingerprint density at radius 2 is 1.85 bits per heavy atom. The molecule has 34 heavy (non-hydrogen) atoms. The largest absolute Gasteiger partial charge is 0.467 e. The van der Waals surface area contributed by atoms with Crippen molar-refractivity contribution in [3.8, 4) is 6.07 Å². The van der Waals surface area contributed by atoms with Gasteiger partial charge in [0.15, 0.2) is 0 Å². The van der Waals surface area contributed by atoms with Crippen molar-refractivity contribution >= 4 is 40.9 Å². The van der Waals surface area contributed by atoms with Gasteiger partial charge in [0.2, 0.25) is 5.91 Å². The molecule has 0 bridgehead atoms. The van der Waals surface area contributed by atoms with Crippen LogP contribution in [0.25, 0.3) is 0 Å². The number of furan rings is 1. The first-order valence-electron chi connectivity index (χ1n) is 10.8. The monoisotopic (exact) mass is 491 g/mol. The lowest BCUT2D eigenvalue weighted by Crippen LogP contribution is -2.32. The molecule has 0 saturated carbocycles. The minimum absolute atomic E-state index is 0.108. The van der Waals surface area contributed by atoms with Gasteiger partial charge < -0.3 is 9.73 Å². The minimum Gasteiger partial charge on any atom is -0.467 e. The molecule has 2 amide bonds. The van der Waals surface area contributed by atoms with E-state index in [-0.39, 0.29) is 18.0 Å². The number of benzene rings is 2. The van der Waals surface area contributed by atoms with E-state index in [0.717, 1.165) is 17.5 Å². The molecule has 1 atom stereocenters. The SMILES string of the molecule is CCc1ccc(N2C(=O)C(Cc3ccc(Cl)cc3)S/C2=C(/C#N)C(=O)NCc2ccco2)cc1. The predicted octanol–water partition coefficient (Wildman–Crippen LogP) is 5.24. The molecule has 2 heterocycles. The second-order valence-electron chi connectivity index (χ2n) is 7.68. The van der Waals surface area contributed by atoms with Crippen LogP contribution >= 0.6 is 23.4 Å². The predicted molar refractivity (Wildman–Crippen MR) is 133 cm³/mol. The van der Waals surface area contributed by atoms with Crippen LogP contribution in [0.1, 0.15) is 23.8 Å². The van der Waals surface area contributed by atoms with Gasteiger partial charge in [-0.2, -0.15) is 5.26 Å². The number of amides is 2. The molecule has 0 spiro atoms. The summed E-state index contributed by atoms with van der Waals surface area (Å²) >= 11 is 7.23. The standard InChI is InChI=1S/C26H22ClN3O3S/c1-2-17-7-11-20(12-8-17)30-25(32)23(14-18-5-9-19(27)10-6-18)34-26(30)22(15-28)24(31)29-16-21-4-3-13-33-21/h3-13,23H,2,14,16H2,1H3,(H,29,31)/b26-22-. The number of nitriles is 1. The van der Waals surface area contributed by atoms with Crippen LogP contribution in [0, 0.1) is 11.3 Å². The van der Waals surface area contributed by atoms with E-state index in [2.05, 4.69) is 12.2 Å². The zero-order valence-electron chi connectivity index (χ0n) is 18.5. The van der Waals surface area contributed by atoms with Crippen molar-refractivity contribution in [3.63, 3.8) is 0 Å². The van der Waals surface area contributed by atoms with E-state index in [9.17, 15) is 14.9 Å². The number of carbonyl (C=O) groups is 2. The average molecular weight is 492 g/mol. The Hall–Kier alpha value is -3.47. The molecule has 1 unspecified atom stereocenters. The topological polar surface area (TPSA) is 86.3 Å². The highest BCUT2D eigenvalue weighted by Gasteiger charge is 2.40. The quantitative estimate of drug-likeness (QED) is 0.361. The first-order valence-corrected chi connectivity index (χ1v) is 12.0. The summed E-state index contributed by atoms with van der Waals surface area (Å²) in [6, 6.07) is 20.4. The van der Waals surface area contributed by atoms with Crippen molar-refractivity contribution < 1.29 is 14.0 Å². The molecular formula is C26H22ClN3O3S. The first kappa shape index (κ1) is 23.7. The number of aryl methyl sites for hydroxylation is 1. The fourth-order valence-corrected chi connectivity index (χ4v) is 5.04. The van der Waals surface area contributed by atoms with Crippen molar-refractivity contribution in [2.45, 2.75) is 31.6 Å². The highest BCUT2D eigenvalue weighted by molar-refractivity contribution is 8.05. The summed E-state index contributed by atoms with van der Waals surface area (Å²) in [6.07, 6.45) is 2.82. The van der Waals surface area contributed by atoms with Gasteiger partial charge in [-0.1, -0.05) is 54.6 Å². The van der Waals surface area contributed by atoms with Gasteiger partial charge in [0, 0.05) is 10.7 Å². The van der Waals surface area contributed by atoms with Crippen LogP contribution in [0.4, 0.5) is 5.69 Å². The Morgan fingerprint density at radius 1 is 1.15 bits per heavy atom. The molecule has 172 valence electrons. The highest BCUT2D eigenvalue weighted by atomic mass is 35.5. The van der Waals surface area contributed by atoms with E-state index in [1.807, 2.05) is 42.5 Å². The van der Waals surface area contributed by atoms with E-state index in [4.69, 9.17) is 16.0 Å². The van der Waals surface area contributed by atoms with E-state index < -0.39 is 11.2 Å². The molecule has 1 saturated heterocycles. The number of nitrogens with zero attached hydrogens (tertiary/aromatic N) is 2. The first-order chi connectivity index (χ1) is 16.5. The summed E-state index contributed by atoms with van der Waals surface area (Å²) in [7, 11) is 0. The van der Waals surface area contributed by atoms with Crippen LogP contribution in [0.5, 0.6) is 0 Å². The van der Waals surface area contributed by atoms with Crippen molar-refractivity contribution in [2.75, 3.05) is 4.90 Å². The third kappa shape index (κ3) is 5.19. The lowest BCUT2D eigenvalue weighted by molar-refractivity contribution is -0.117. The number of rotatable bonds is 7. The molecule has 1 fully saturated rings. The fourth-order valence-electron chi connectivity index (χ4n) is 3.61. The van der Waals surface area contributed by atoms with Gasteiger partial charge in [-0.15, -0.1) is 0 Å². The lowest BCUT2D eigenvalue weighted by atomic mass is 10.1. The van der Waals surface area contributed by atoms with Crippen molar-refractivity contribution in [1.29, 1.82) is 5.26 Å². The summed E-state index contributed by atoms with van der Waals surface area (Å²) in [5.41, 5.74) is 2.58. The van der Waals surface area contributed by atoms with Gasteiger partial charge in [-0.05, 0) is 60.4 Å². The Labute approximate surface area is 207 Å². The third-order valence-corrected chi connectivity index (χ3v) is 6.96. The molecule has 4 rings (SSSR count). The number of hydrogen-bond acceptors (Lipinski definition) is 5. The Kier molecular flexibility index (Phi) is 7.41. The maximum absolute atomic E-state index is 13.5. The molecule has 0 aliphatic carbocycles. The summed E-state index contributed by atoms with van der Waals surface area (Å²) in [4.78, 5) is 27.9. The van der Waals surface area contributed by atoms with Crippen LogP contribution in [0.3, 0.4) is 0 Å². The summed E-state index contributed by atoms with van der Waals surface area (Å²) < 4.78 is 5.25. The van der Waals surface area contributed by atoms with Crippen LogP contribution in [0.15, 0.2) is 81.9 Å². The maximum atomic E-state index is 13.5. The van der Waals surface area contributed by atoms with Crippen molar-refractivity contribution in [2.24, 2.45) is 0 Å². The highest BCUT2D eigenvalue weighted by Crippen LogP contribution is 2.42. The zero-order valence-corrected chi connectivity index (χ0v) is 20.0. The number of thioether (sulfide) groups is 1. The van der Waals surface area contributed by atoms with Gasteiger partial charge in [-0.25, -0.2) is 0 Å². The summed E-state index contributed by atoms with van der Waals surface area (Å²) in [6.45, 7) is 2.19. The Bertz CT molecular complexity index is 1250. The number of nitrogens with one attached hydrogen (secondary N) is 1. The van der Waals surface area contributed by atoms with Gasteiger partial charge in [0.1, 0.15) is 22.4 Å². The second-order valence-corrected chi connectivity index (χ2v) is 9.31. The van der Waals surface area contributed by atoms with Crippen LogP contribution in [-0.4, -0.2) is 17.1 Å². The normalized spacial score (nSPS) is 16.9. The molecule has 1 aliphatic heterocycles. The van der Waals surface area contributed by atoms with Gasteiger partial charge in [-0.3, -0.25) is 14.5 Å². The molecular weight excluding hydrogens is 470 g/mol. The van der Waals surface area contributed by atoms with E-state index in [1.165, 1.54) is 22.9 Å². The minimum atomic E-state index is -0.559. The maximum Gasteiger partial charge on any atom is 0.265 e. The molecule has 8 heteroatoms. The number of carbonyl (C=O) groups excluding carboxylic acids is 2. The molecule has 2 aromatic carbocycles. The second kappa shape index (κ2) is 10.6. The van der Waals surface area contributed by atoms with E-state index in [0.29, 0.717) is 27.9 Å². The van der Waals surface area contributed by atoms with Gasteiger partial charge >= 0.3 is 0 Å². The number of halogens is 1. The van der Waals surface area contributed by atoms with Crippen molar-refractivity contribution in [3.05, 3.63) is 99.4 Å². The molecule has 1 N–H and O–H groups in total. The zero-order chi connectivity index (χ0) is 24.1. The van der Waals surface area contributed by atoms with Crippen LogP contribution in [0.2, 0.25) is 5.02 Å². The van der Waals surface area contributed by atoms with Crippen LogP contribution in [-0.2, 0) is 29.0 Å². The molecule has 6 nitrogen and oxygen atoms in total. The lowest BCUT2D eigenvalue weighted by Gasteiger charge is -2.19. The average Bonchev–Trinajstić information content (AvgIpc) is 3.48. The van der Waals surface area contributed by atoms with E-state index >= 15 is 0 Å². The Morgan fingerprint density at radius 3 is 2.47 bits per heavy atom. The summed E-state index contributed by atoms with van der Waals surface area (Å²) in [5, 5.41) is 13.1. The smallest absolute Gasteiger partial charge is 0.265 e. The van der Waals surface area contributed by atoms with Gasteiger partial charge in [0.25, 0.3) is 5.91 Å². The Balaban J connectivity index is 1.67. The number of hydrogen-bond donors (Lipinski definition) is 1. The molecule has 1 aliphatic rings. The fraction of sp³-hybridized carbons (Fsp3) is 0.192. The molecule has 3 aromatic rings. The van der Waals surface area contributed by atoms with Gasteiger partial charge in [0.05, 0.1) is 18.1 Å². The third-order valence-electron chi connectivity index (χ3n) is 5.45. The molecule has 1 aromatic heterocycles. The van der Waals surface area contributed by atoms with Crippen LogP contribution < -0.4 is 10.2 Å². The number of anilines is 1. The summed E-state index contributed by atoms with van der Waals surface area (Å²) in [5.74, 6) is -0.166. The molecule has 0 radical (unpaired) electrons. The van der Waals surface area contributed by atoms with E-state index in [1.54, 1.807) is 24.3 Å². The van der Waals surface area contributed by atoms with Crippen molar-refractivity contribution in [1.82, 2.24) is 5.32 Å².